The predicted octanol–water partition coefficient (Wildman–Crippen LogP) is 5.31. The van der Waals surface area contributed by atoms with Crippen molar-refractivity contribution in [3.8, 4) is 0 Å². The first-order valence-electron chi connectivity index (χ1n) is 13.6. The lowest BCUT2D eigenvalue weighted by molar-refractivity contribution is -0.117. The van der Waals surface area contributed by atoms with E-state index >= 15 is 0 Å². The van der Waals surface area contributed by atoms with Crippen LogP contribution in [0.15, 0.2) is 36.7 Å². The fraction of sp³-hybridized carbons (Fsp3) is 0.552. The molecule has 2 aromatic heterocycles. The van der Waals surface area contributed by atoms with E-state index in [2.05, 4.69) is 33.3 Å². The molecule has 0 bridgehead atoms. The third-order valence-electron chi connectivity index (χ3n) is 9.10. The average Bonchev–Trinajstić information content (AvgIpc) is 3.33. The summed E-state index contributed by atoms with van der Waals surface area (Å²) in [5.41, 5.74) is 1.55. The summed E-state index contributed by atoms with van der Waals surface area (Å²) in [4.78, 5) is 19.9. The molecule has 3 aromatic rings. The van der Waals surface area contributed by atoms with Gasteiger partial charge >= 0.3 is 0 Å². The Morgan fingerprint density at radius 3 is 2.71 bits per heavy atom. The maximum atomic E-state index is 14.5. The van der Waals surface area contributed by atoms with Gasteiger partial charge in [0.1, 0.15) is 12.0 Å². The van der Waals surface area contributed by atoms with E-state index in [1.807, 2.05) is 38.4 Å². The van der Waals surface area contributed by atoms with E-state index in [1.54, 1.807) is 10.9 Å². The van der Waals surface area contributed by atoms with E-state index in [9.17, 15) is 9.18 Å². The second-order valence-corrected chi connectivity index (χ2v) is 11.8. The molecule has 5 atom stereocenters. The number of halogens is 2. The van der Waals surface area contributed by atoms with Crippen molar-refractivity contribution in [2.75, 3.05) is 31.6 Å². The summed E-state index contributed by atoms with van der Waals surface area (Å²) in [6, 6.07) is 8.04. The quantitative estimate of drug-likeness (QED) is 0.460. The number of nitrogens with zero attached hydrogens (tertiary/aromatic N) is 4. The van der Waals surface area contributed by atoms with Crippen molar-refractivity contribution < 1.29 is 13.9 Å². The number of fused-ring (bicyclic) bond motifs is 1. The highest BCUT2D eigenvalue weighted by molar-refractivity contribution is 6.32. The van der Waals surface area contributed by atoms with Gasteiger partial charge in [-0.15, -0.1) is 0 Å². The molecular weight excluding hydrogens is 505 g/mol. The lowest BCUT2D eigenvalue weighted by Gasteiger charge is -2.43. The largest absolute Gasteiger partial charge is 0.376 e. The summed E-state index contributed by atoms with van der Waals surface area (Å²) in [6.07, 6.45) is 5.50. The first-order chi connectivity index (χ1) is 18.3. The Morgan fingerprint density at radius 2 is 2.05 bits per heavy atom. The van der Waals surface area contributed by atoms with Crippen molar-refractivity contribution in [1.29, 1.82) is 0 Å². The third kappa shape index (κ3) is 4.50. The van der Waals surface area contributed by atoms with E-state index in [0.29, 0.717) is 24.3 Å². The third-order valence-corrected chi connectivity index (χ3v) is 9.42. The molecule has 9 heteroatoms. The van der Waals surface area contributed by atoms with Crippen LogP contribution in [0.3, 0.4) is 0 Å². The molecule has 1 aliphatic carbocycles. The number of amides is 1. The molecule has 3 fully saturated rings. The average molecular weight is 540 g/mol. The van der Waals surface area contributed by atoms with Gasteiger partial charge < -0.3 is 10.1 Å². The van der Waals surface area contributed by atoms with Gasteiger partial charge in [-0.2, -0.15) is 5.10 Å². The number of benzene rings is 1. The van der Waals surface area contributed by atoms with Crippen LogP contribution in [0.5, 0.6) is 0 Å². The molecule has 7 nitrogen and oxygen atoms in total. The molecule has 1 amide bonds. The van der Waals surface area contributed by atoms with Crippen molar-refractivity contribution in [2.45, 2.75) is 56.7 Å². The standard InChI is InChI=1S/C29H35ClFN5O2/c1-4-20-26(23-7-8-35(3)34-23)27(20)28(37)33-25-13-18-11-21(22(30)12-19(18)14-32-25)17-5-9-36(10-6-17)29(2)16-38-15-24(29)31/h7-8,11-14,17,20,24,26-27H,4-6,9-10,15-16H2,1-3H3,(H,32,33,37)/t20-,24+,26?,27-,29-/m1/s1. The number of aromatic nitrogens is 3. The van der Waals surface area contributed by atoms with E-state index in [1.165, 1.54) is 0 Å². The highest BCUT2D eigenvalue weighted by Gasteiger charge is 2.55. The summed E-state index contributed by atoms with van der Waals surface area (Å²) >= 11 is 6.73. The topological polar surface area (TPSA) is 72.3 Å². The van der Waals surface area contributed by atoms with Gasteiger partial charge in [-0.25, -0.2) is 9.37 Å². The number of hydrogen-bond acceptors (Lipinski definition) is 5. The summed E-state index contributed by atoms with van der Waals surface area (Å²) in [5.74, 6) is 1.21. The van der Waals surface area contributed by atoms with Crippen molar-refractivity contribution in [3.63, 3.8) is 0 Å². The molecular formula is C29H35ClFN5O2. The zero-order chi connectivity index (χ0) is 26.6. The number of ether oxygens (including phenoxy) is 1. The molecule has 202 valence electrons. The SMILES string of the molecule is CC[C@@H]1C(c2ccn(C)n2)[C@@H]1C(=O)Nc1cc2cc(C3CCN([C@]4(C)COC[C@@H]4F)CC3)c(Cl)cc2cn1. The number of hydrogen-bond donors (Lipinski definition) is 1. The van der Waals surface area contributed by atoms with Gasteiger partial charge in [0.2, 0.25) is 5.91 Å². The molecule has 0 radical (unpaired) electrons. The van der Waals surface area contributed by atoms with E-state index in [-0.39, 0.29) is 24.3 Å². The smallest absolute Gasteiger partial charge is 0.229 e. The molecule has 38 heavy (non-hydrogen) atoms. The Kier molecular flexibility index (Phi) is 6.69. The first kappa shape index (κ1) is 25.7. The van der Waals surface area contributed by atoms with E-state index < -0.39 is 11.7 Å². The van der Waals surface area contributed by atoms with Gasteiger partial charge in [0.25, 0.3) is 0 Å². The van der Waals surface area contributed by atoms with Gasteiger partial charge in [0.05, 0.1) is 30.4 Å². The van der Waals surface area contributed by atoms with E-state index in [0.717, 1.165) is 59.4 Å². The predicted molar refractivity (Wildman–Crippen MR) is 146 cm³/mol. The summed E-state index contributed by atoms with van der Waals surface area (Å²) in [6.45, 7) is 6.35. The Hall–Kier alpha value is -2.55. The monoisotopic (exact) mass is 539 g/mol. The number of carbonyl (C=O) groups is 1. The number of nitrogens with one attached hydrogen (secondary N) is 1. The minimum atomic E-state index is -0.952. The maximum Gasteiger partial charge on any atom is 0.229 e. The number of likely N-dealkylation sites (tertiary alicyclic amines) is 1. The van der Waals surface area contributed by atoms with Crippen molar-refractivity contribution in [1.82, 2.24) is 19.7 Å². The number of anilines is 1. The van der Waals surface area contributed by atoms with Crippen LogP contribution < -0.4 is 5.32 Å². The number of alkyl halides is 1. The fourth-order valence-corrected chi connectivity index (χ4v) is 6.98. The second kappa shape index (κ2) is 9.88. The molecule has 2 aliphatic heterocycles. The Labute approximate surface area is 227 Å². The van der Waals surface area contributed by atoms with Gasteiger partial charge in [-0.05, 0) is 79.9 Å². The van der Waals surface area contributed by atoms with Crippen LogP contribution in [0, 0.1) is 11.8 Å². The zero-order valence-corrected chi connectivity index (χ0v) is 22.9. The van der Waals surface area contributed by atoms with Crippen LogP contribution in [-0.2, 0) is 16.6 Å². The fourth-order valence-electron chi connectivity index (χ4n) is 6.66. The van der Waals surface area contributed by atoms with Crippen LogP contribution >= 0.6 is 11.6 Å². The van der Waals surface area contributed by atoms with Crippen LogP contribution in [0.1, 0.15) is 56.2 Å². The number of carbonyl (C=O) groups excluding carboxylic acids is 1. The summed E-state index contributed by atoms with van der Waals surface area (Å²) < 4.78 is 21.7. The summed E-state index contributed by atoms with van der Waals surface area (Å²) in [5, 5.41) is 10.3. The molecule has 1 N–H and O–H groups in total. The Morgan fingerprint density at radius 1 is 1.26 bits per heavy atom. The molecule has 4 heterocycles. The molecule has 0 spiro atoms. The van der Waals surface area contributed by atoms with Gasteiger partial charge in [-0.1, -0.05) is 24.9 Å². The van der Waals surface area contributed by atoms with Gasteiger partial charge in [0.15, 0.2) is 0 Å². The molecule has 6 rings (SSSR count). The number of rotatable bonds is 6. The normalized spacial score (nSPS) is 30.1. The van der Waals surface area contributed by atoms with Crippen LogP contribution in [-0.4, -0.2) is 63.6 Å². The molecule has 1 aromatic carbocycles. The minimum Gasteiger partial charge on any atom is -0.376 e. The lowest BCUT2D eigenvalue weighted by atomic mass is 9.85. The number of piperidine rings is 1. The van der Waals surface area contributed by atoms with E-state index in [4.69, 9.17) is 16.3 Å². The Balaban J connectivity index is 1.16. The molecule has 2 saturated heterocycles. The van der Waals surface area contributed by atoms with Crippen LogP contribution in [0.2, 0.25) is 5.02 Å². The maximum absolute atomic E-state index is 14.5. The summed E-state index contributed by atoms with van der Waals surface area (Å²) in [7, 11) is 1.90. The van der Waals surface area contributed by atoms with Crippen LogP contribution in [0.25, 0.3) is 10.8 Å². The molecule has 1 saturated carbocycles. The minimum absolute atomic E-state index is 0.00327. The second-order valence-electron chi connectivity index (χ2n) is 11.4. The number of aryl methyl sites for hydroxylation is 1. The van der Waals surface area contributed by atoms with Gasteiger partial charge in [-0.3, -0.25) is 14.4 Å². The van der Waals surface area contributed by atoms with Crippen molar-refractivity contribution in [3.05, 3.63) is 52.9 Å². The lowest BCUT2D eigenvalue weighted by Crippen LogP contribution is -2.55. The van der Waals surface area contributed by atoms with Crippen molar-refractivity contribution >= 4 is 34.1 Å². The van der Waals surface area contributed by atoms with Crippen molar-refractivity contribution in [2.24, 2.45) is 18.9 Å². The molecule has 1 unspecified atom stereocenters. The highest BCUT2D eigenvalue weighted by Crippen LogP contribution is 2.55. The first-order valence-corrected chi connectivity index (χ1v) is 14.0. The van der Waals surface area contributed by atoms with Crippen LogP contribution in [0.4, 0.5) is 10.2 Å². The highest BCUT2D eigenvalue weighted by atomic mass is 35.5. The Bertz CT molecular complexity index is 1360. The number of pyridine rings is 1. The zero-order valence-electron chi connectivity index (χ0n) is 22.2. The van der Waals surface area contributed by atoms with Gasteiger partial charge in [0, 0.05) is 35.8 Å². The molecule has 3 aliphatic rings.